The van der Waals surface area contributed by atoms with Crippen LogP contribution in [0.5, 0.6) is 0 Å². The highest BCUT2D eigenvalue weighted by atomic mass is 35.5. The summed E-state index contributed by atoms with van der Waals surface area (Å²) in [7, 11) is 0. The Morgan fingerprint density at radius 3 is 2.32 bits per heavy atom. The number of aromatic nitrogens is 2. The molecule has 19 heavy (non-hydrogen) atoms. The quantitative estimate of drug-likeness (QED) is 0.855. The van der Waals surface area contributed by atoms with Crippen molar-refractivity contribution in [2.75, 3.05) is 5.73 Å². The molecule has 2 aromatic rings. The first-order valence-electron chi connectivity index (χ1n) is 5.00. The van der Waals surface area contributed by atoms with Crippen molar-refractivity contribution in [2.24, 2.45) is 0 Å². The zero-order valence-corrected chi connectivity index (χ0v) is 10.9. The van der Waals surface area contributed by atoms with Gasteiger partial charge in [0, 0.05) is 16.0 Å². The number of benzene rings is 1. The van der Waals surface area contributed by atoms with Crippen LogP contribution in [0.2, 0.25) is 5.02 Å². The van der Waals surface area contributed by atoms with E-state index in [-0.39, 0.29) is 10.8 Å². The first kappa shape index (κ1) is 14.0. The van der Waals surface area contributed by atoms with E-state index in [4.69, 9.17) is 17.3 Å². The highest BCUT2D eigenvalue weighted by Crippen LogP contribution is 2.32. The third-order valence-electron chi connectivity index (χ3n) is 2.01. The Labute approximate surface area is 116 Å². The van der Waals surface area contributed by atoms with E-state index in [2.05, 4.69) is 9.97 Å². The van der Waals surface area contributed by atoms with Crippen molar-refractivity contribution in [1.29, 1.82) is 0 Å². The zero-order valence-electron chi connectivity index (χ0n) is 9.28. The van der Waals surface area contributed by atoms with Crippen LogP contribution in [0, 0.1) is 0 Å². The van der Waals surface area contributed by atoms with Crippen LogP contribution in [0.1, 0.15) is 5.82 Å². The van der Waals surface area contributed by atoms with Gasteiger partial charge in [0.25, 0.3) is 0 Å². The minimum absolute atomic E-state index is 0.127. The van der Waals surface area contributed by atoms with Crippen LogP contribution < -0.4 is 5.73 Å². The lowest BCUT2D eigenvalue weighted by atomic mass is 10.4. The number of hydrogen-bond acceptors (Lipinski definition) is 4. The lowest BCUT2D eigenvalue weighted by molar-refractivity contribution is -0.145. The molecule has 0 aliphatic rings. The molecule has 0 bridgehead atoms. The van der Waals surface area contributed by atoms with Crippen molar-refractivity contribution in [3.63, 3.8) is 0 Å². The Hall–Kier alpha value is -1.47. The second kappa shape index (κ2) is 5.26. The number of halogens is 4. The SMILES string of the molecule is Nc1cc(Sc2ccc(Cl)cc2)nc(C(F)(F)F)n1. The van der Waals surface area contributed by atoms with E-state index < -0.39 is 12.0 Å². The molecule has 0 spiro atoms. The van der Waals surface area contributed by atoms with Gasteiger partial charge in [0.2, 0.25) is 5.82 Å². The summed E-state index contributed by atoms with van der Waals surface area (Å²) in [6.07, 6.45) is -4.62. The Bertz CT molecular complexity index is 587. The molecule has 0 aliphatic carbocycles. The van der Waals surface area contributed by atoms with E-state index in [1.807, 2.05) is 0 Å². The topological polar surface area (TPSA) is 51.8 Å². The molecule has 100 valence electrons. The molecule has 1 aromatic carbocycles. The van der Waals surface area contributed by atoms with E-state index >= 15 is 0 Å². The van der Waals surface area contributed by atoms with Gasteiger partial charge < -0.3 is 5.73 Å². The lowest BCUT2D eigenvalue weighted by Gasteiger charge is -2.08. The van der Waals surface area contributed by atoms with E-state index in [0.717, 1.165) is 11.8 Å². The van der Waals surface area contributed by atoms with Crippen LogP contribution in [0.3, 0.4) is 0 Å². The van der Waals surface area contributed by atoms with Gasteiger partial charge in [-0.25, -0.2) is 9.97 Å². The Kier molecular flexibility index (Phi) is 3.86. The van der Waals surface area contributed by atoms with Crippen LogP contribution in [0.25, 0.3) is 0 Å². The summed E-state index contributed by atoms with van der Waals surface area (Å²) in [5.41, 5.74) is 5.35. The normalized spacial score (nSPS) is 11.6. The number of nitrogen functional groups attached to an aromatic ring is 1. The summed E-state index contributed by atoms with van der Waals surface area (Å²) < 4.78 is 37.6. The number of nitrogens with two attached hydrogens (primary N) is 1. The maximum absolute atomic E-state index is 12.5. The number of anilines is 1. The Morgan fingerprint density at radius 2 is 1.74 bits per heavy atom. The average molecular weight is 306 g/mol. The summed E-state index contributed by atoms with van der Waals surface area (Å²) >= 11 is 6.77. The largest absolute Gasteiger partial charge is 0.451 e. The number of alkyl halides is 3. The highest BCUT2D eigenvalue weighted by molar-refractivity contribution is 7.99. The molecule has 8 heteroatoms. The van der Waals surface area contributed by atoms with Gasteiger partial charge in [-0.3, -0.25) is 0 Å². The van der Waals surface area contributed by atoms with Gasteiger partial charge in [-0.2, -0.15) is 13.2 Å². The second-order valence-electron chi connectivity index (χ2n) is 3.51. The summed E-state index contributed by atoms with van der Waals surface area (Å²) in [5.74, 6) is -1.47. The molecule has 0 unspecified atom stereocenters. The molecule has 0 radical (unpaired) electrons. The molecule has 1 heterocycles. The molecule has 0 aliphatic heterocycles. The van der Waals surface area contributed by atoms with Gasteiger partial charge in [0.05, 0.1) is 0 Å². The first-order chi connectivity index (χ1) is 8.84. The van der Waals surface area contributed by atoms with Gasteiger partial charge in [-0.15, -0.1) is 0 Å². The first-order valence-corrected chi connectivity index (χ1v) is 6.19. The molecular weight excluding hydrogens is 299 g/mol. The summed E-state index contributed by atoms with van der Waals surface area (Å²) in [5, 5.41) is 0.671. The summed E-state index contributed by atoms with van der Waals surface area (Å²) in [4.78, 5) is 7.31. The fourth-order valence-electron chi connectivity index (χ4n) is 1.25. The van der Waals surface area contributed by atoms with Gasteiger partial charge in [-0.05, 0) is 24.3 Å². The molecule has 0 fully saturated rings. The number of hydrogen-bond donors (Lipinski definition) is 1. The Balaban J connectivity index is 2.30. The van der Waals surface area contributed by atoms with Crippen molar-refractivity contribution in [3.05, 3.63) is 41.2 Å². The van der Waals surface area contributed by atoms with Gasteiger partial charge in [0.1, 0.15) is 10.8 Å². The third-order valence-corrected chi connectivity index (χ3v) is 3.19. The van der Waals surface area contributed by atoms with Crippen LogP contribution in [-0.4, -0.2) is 9.97 Å². The molecule has 0 saturated carbocycles. The molecular formula is C11H7ClF3N3S. The minimum atomic E-state index is -4.62. The van der Waals surface area contributed by atoms with Gasteiger partial charge >= 0.3 is 6.18 Å². The third kappa shape index (κ3) is 3.74. The average Bonchev–Trinajstić information content (AvgIpc) is 2.30. The molecule has 0 amide bonds. The maximum Gasteiger partial charge on any atom is 0.451 e. The molecule has 3 nitrogen and oxygen atoms in total. The van der Waals surface area contributed by atoms with Crippen molar-refractivity contribution in [3.8, 4) is 0 Å². The molecule has 0 saturated heterocycles. The lowest BCUT2D eigenvalue weighted by Crippen LogP contribution is -2.12. The molecule has 2 rings (SSSR count). The fourth-order valence-corrected chi connectivity index (χ4v) is 2.20. The van der Waals surface area contributed by atoms with Crippen LogP contribution in [-0.2, 0) is 6.18 Å². The highest BCUT2D eigenvalue weighted by Gasteiger charge is 2.35. The fraction of sp³-hybridized carbons (Fsp3) is 0.0909. The number of nitrogens with zero attached hydrogens (tertiary/aromatic N) is 2. The summed E-state index contributed by atoms with van der Waals surface area (Å²) in [6.45, 7) is 0. The van der Waals surface area contributed by atoms with Crippen molar-refractivity contribution in [1.82, 2.24) is 9.97 Å². The van der Waals surface area contributed by atoms with Crippen LogP contribution in [0.4, 0.5) is 19.0 Å². The minimum Gasteiger partial charge on any atom is -0.384 e. The van der Waals surface area contributed by atoms with Crippen molar-refractivity contribution in [2.45, 2.75) is 16.1 Å². The van der Waals surface area contributed by atoms with E-state index in [0.29, 0.717) is 9.92 Å². The smallest absolute Gasteiger partial charge is 0.384 e. The Morgan fingerprint density at radius 1 is 1.11 bits per heavy atom. The predicted molar refractivity (Wildman–Crippen MR) is 67.0 cm³/mol. The van der Waals surface area contributed by atoms with E-state index in [1.165, 1.54) is 6.07 Å². The predicted octanol–water partition coefficient (Wildman–Crippen LogP) is 3.88. The molecule has 0 atom stereocenters. The van der Waals surface area contributed by atoms with Crippen LogP contribution >= 0.6 is 23.4 Å². The number of rotatable bonds is 2. The van der Waals surface area contributed by atoms with Crippen LogP contribution in [0.15, 0.2) is 40.3 Å². The zero-order chi connectivity index (χ0) is 14.0. The summed E-state index contributed by atoms with van der Waals surface area (Å²) in [6, 6.07) is 7.92. The maximum atomic E-state index is 12.5. The van der Waals surface area contributed by atoms with E-state index in [1.54, 1.807) is 24.3 Å². The second-order valence-corrected chi connectivity index (χ2v) is 5.04. The van der Waals surface area contributed by atoms with Crippen molar-refractivity contribution < 1.29 is 13.2 Å². The standard InChI is InChI=1S/C11H7ClF3N3S/c12-6-1-3-7(4-2-6)19-9-5-8(16)17-10(18-9)11(13,14)15/h1-5H,(H2,16,17,18). The van der Waals surface area contributed by atoms with E-state index in [9.17, 15) is 13.2 Å². The van der Waals surface area contributed by atoms with Gasteiger partial charge in [-0.1, -0.05) is 23.4 Å². The molecule has 2 N–H and O–H groups in total. The monoisotopic (exact) mass is 305 g/mol. The van der Waals surface area contributed by atoms with Crippen molar-refractivity contribution >= 4 is 29.2 Å². The molecule has 1 aromatic heterocycles. The van der Waals surface area contributed by atoms with Gasteiger partial charge in [0.15, 0.2) is 0 Å².